The van der Waals surface area contributed by atoms with Crippen molar-refractivity contribution in [1.82, 2.24) is 0 Å². The zero-order valence-corrected chi connectivity index (χ0v) is 11.1. The van der Waals surface area contributed by atoms with Crippen molar-refractivity contribution in [2.45, 2.75) is 32.4 Å². The maximum atomic E-state index is 13.9. The van der Waals surface area contributed by atoms with Crippen LogP contribution in [-0.4, -0.2) is 30.4 Å². The molecule has 1 unspecified atom stereocenters. The van der Waals surface area contributed by atoms with Crippen molar-refractivity contribution in [2.75, 3.05) is 24.7 Å². The van der Waals surface area contributed by atoms with Gasteiger partial charge in [-0.2, -0.15) is 0 Å². The molecule has 1 aromatic carbocycles. The molecule has 1 heterocycles. The first-order valence-corrected chi connectivity index (χ1v) is 6.25. The number of halogens is 1. The number of benzene rings is 1. The number of ether oxygens (including phenoxy) is 1. The van der Waals surface area contributed by atoms with Gasteiger partial charge in [-0.3, -0.25) is 0 Å². The highest BCUT2D eigenvalue weighted by Gasteiger charge is 2.33. The summed E-state index contributed by atoms with van der Waals surface area (Å²) in [6, 6.07) is 4.93. The largest absolute Gasteiger partial charge is 0.389 e. The van der Waals surface area contributed by atoms with E-state index in [1.165, 1.54) is 6.07 Å². The Balaban J connectivity index is 2.47. The first-order valence-electron chi connectivity index (χ1n) is 6.25. The predicted molar refractivity (Wildman–Crippen MR) is 69.3 cm³/mol. The lowest BCUT2D eigenvalue weighted by Crippen LogP contribution is -2.53. The monoisotopic (exact) mass is 253 g/mol. The molecular weight excluding hydrogens is 233 g/mol. The number of morpholine rings is 1. The standard InChI is InChI=1S/C14H20FNO2/c1-10(17)13-11(15)5-4-6-12(13)16-7-8-18-9-14(16,2)3/h4-6,10,17H,7-9H2,1-3H3. The summed E-state index contributed by atoms with van der Waals surface area (Å²) >= 11 is 0. The molecule has 0 saturated carbocycles. The van der Waals surface area contributed by atoms with Crippen molar-refractivity contribution in [3.63, 3.8) is 0 Å². The molecule has 2 rings (SSSR count). The Morgan fingerprint density at radius 1 is 1.44 bits per heavy atom. The van der Waals surface area contributed by atoms with Crippen LogP contribution in [-0.2, 0) is 4.74 Å². The minimum atomic E-state index is -0.820. The molecule has 0 aromatic heterocycles. The van der Waals surface area contributed by atoms with Gasteiger partial charge in [-0.15, -0.1) is 0 Å². The fourth-order valence-corrected chi connectivity index (χ4v) is 2.48. The molecule has 1 aliphatic heterocycles. The number of nitrogens with zero attached hydrogens (tertiary/aromatic N) is 1. The van der Waals surface area contributed by atoms with Crippen LogP contribution >= 0.6 is 0 Å². The third kappa shape index (κ3) is 2.35. The first kappa shape index (κ1) is 13.3. The third-order valence-corrected chi connectivity index (χ3v) is 3.38. The Morgan fingerprint density at radius 2 is 2.17 bits per heavy atom. The average Bonchev–Trinajstić information content (AvgIpc) is 2.27. The molecular formula is C14H20FNO2. The van der Waals surface area contributed by atoms with Crippen molar-refractivity contribution in [1.29, 1.82) is 0 Å². The lowest BCUT2D eigenvalue weighted by molar-refractivity contribution is 0.0638. The van der Waals surface area contributed by atoms with Crippen molar-refractivity contribution in [2.24, 2.45) is 0 Å². The van der Waals surface area contributed by atoms with E-state index in [0.29, 0.717) is 25.3 Å². The van der Waals surface area contributed by atoms with Gasteiger partial charge in [0.25, 0.3) is 0 Å². The highest BCUT2D eigenvalue weighted by molar-refractivity contribution is 5.57. The van der Waals surface area contributed by atoms with Gasteiger partial charge >= 0.3 is 0 Å². The highest BCUT2D eigenvalue weighted by Crippen LogP contribution is 2.34. The van der Waals surface area contributed by atoms with E-state index in [4.69, 9.17) is 4.74 Å². The second-order valence-corrected chi connectivity index (χ2v) is 5.37. The summed E-state index contributed by atoms with van der Waals surface area (Å²) in [5.41, 5.74) is 0.932. The fraction of sp³-hybridized carbons (Fsp3) is 0.571. The zero-order chi connectivity index (χ0) is 13.3. The van der Waals surface area contributed by atoms with E-state index in [1.54, 1.807) is 13.0 Å². The van der Waals surface area contributed by atoms with Crippen LogP contribution in [0.25, 0.3) is 0 Å². The average molecular weight is 253 g/mol. The highest BCUT2D eigenvalue weighted by atomic mass is 19.1. The summed E-state index contributed by atoms with van der Waals surface area (Å²) in [5, 5.41) is 9.79. The molecule has 3 nitrogen and oxygen atoms in total. The quantitative estimate of drug-likeness (QED) is 0.879. The second-order valence-electron chi connectivity index (χ2n) is 5.37. The fourth-order valence-electron chi connectivity index (χ4n) is 2.48. The molecule has 0 amide bonds. The van der Waals surface area contributed by atoms with Gasteiger partial charge in [-0.25, -0.2) is 4.39 Å². The Hall–Kier alpha value is -1.13. The summed E-state index contributed by atoms with van der Waals surface area (Å²) in [6.07, 6.45) is -0.820. The van der Waals surface area contributed by atoms with E-state index < -0.39 is 6.10 Å². The maximum absolute atomic E-state index is 13.9. The molecule has 1 N–H and O–H groups in total. The predicted octanol–water partition coefficient (Wildman–Crippen LogP) is 2.49. The molecule has 1 saturated heterocycles. The number of aliphatic hydroxyl groups is 1. The molecule has 4 heteroatoms. The van der Waals surface area contributed by atoms with Crippen LogP contribution in [0.2, 0.25) is 0 Å². The summed E-state index contributed by atoms with van der Waals surface area (Å²) in [7, 11) is 0. The van der Waals surface area contributed by atoms with Crippen LogP contribution in [0.1, 0.15) is 32.4 Å². The van der Waals surface area contributed by atoms with Crippen LogP contribution in [0.15, 0.2) is 18.2 Å². The molecule has 1 aromatic rings. The molecule has 0 aliphatic carbocycles. The van der Waals surface area contributed by atoms with Gasteiger partial charge in [-0.1, -0.05) is 6.07 Å². The molecule has 1 fully saturated rings. The van der Waals surface area contributed by atoms with Crippen LogP contribution < -0.4 is 4.90 Å². The zero-order valence-electron chi connectivity index (χ0n) is 11.1. The van der Waals surface area contributed by atoms with E-state index in [-0.39, 0.29) is 11.4 Å². The van der Waals surface area contributed by atoms with E-state index >= 15 is 0 Å². The molecule has 100 valence electrons. The Morgan fingerprint density at radius 3 is 2.78 bits per heavy atom. The van der Waals surface area contributed by atoms with Gasteiger partial charge in [-0.05, 0) is 32.9 Å². The number of rotatable bonds is 2. The van der Waals surface area contributed by atoms with Crippen LogP contribution in [0, 0.1) is 5.82 Å². The Bertz CT molecular complexity index is 432. The van der Waals surface area contributed by atoms with Crippen molar-refractivity contribution < 1.29 is 14.2 Å². The lowest BCUT2D eigenvalue weighted by Gasteiger charge is -2.44. The Labute approximate surface area is 107 Å². The SMILES string of the molecule is CC(O)c1c(F)cccc1N1CCOCC1(C)C. The molecule has 0 radical (unpaired) electrons. The van der Waals surface area contributed by atoms with Gasteiger partial charge in [0.05, 0.1) is 24.9 Å². The van der Waals surface area contributed by atoms with Gasteiger partial charge in [0.15, 0.2) is 0 Å². The number of aliphatic hydroxyl groups excluding tert-OH is 1. The summed E-state index contributed by atoms with van der Waals surface area (Å²) in [5.74, 6) is -0.357. The number of hydrogen-bond acceptors (Lipinski definition) is 3. The Kier molecular flexibility index (Phi) is 3.59. The topological polar surface area (TPSA) is 32.7 Å². The summed E-state index contributed by atoms with van der Waals surface area (Å²) in [6.45, 7) is 7.64. The van der Waals surface area contributed by atoms with Crippen molar-refractivity contribution >= 4 is 5.69 Å². The van der Waals surface area contributed by atoms with Crippen LogP contribution in [0.4, 0.5) is 10.1 Å². The first-order chi connectivity index (χ1) is 8.43. The molecule has 1 atom stereocenters. The molecule has 0 bridgehead atoms. The normalized spacial score (nSPS) is 20.8. The smallest absolute Gasteiger partial charge is 0.131 e. The molecule has 1 aliphatic rings. The maximum Gasteiger partial charge on any atom is 0.131 e. The van der Waals surface area contributed by atoms with Crippen molar-refractivity contribution in [3.05, 3.63) is 29.6 Å². The second kappa shape index (κ2) is 4.86. The van der Waals surface area contributed by atoms with E-state index in [2.05, 4.69) is 18.7 Å². The molecule has 0 spiro atoms. The minimum absolute atomic E-state index is 0.199. The van der Waals surface area contributed by atoms with Gasteiger partial charge in [0, 0.05) is 17.8 Å². The van der Waals surface area contributed by atoms with E-state index in [9.17, 15) is 9.50 Å². The minimum Gasteiger partial charge on any atom is -0.389 e. The number of anilines is 1. The van der Waals surface area contributed by atoms with Crippen LogP contribution in [0.5, 0.6) is 0 Å². The molecule has 18 heavy (non-hydrogen) atoms. The summed E-state index contributed by atoms with van der Waals surface area (Å²) < 4.78 is 19.4. The van der Waals surface area contributed by atoms with Crippen molar-refractivity contribution in [3.8, 4) is 0 Å². The van der Waals surface area contributed by atoms with Gasteiger partial charge in [0.1, 0.15) is 5.82 Å². The van der Waals surface area contributed by atoms with Crippen LogP contribution in [0.3, 0.4) is 0 Å². The van der Waals surface area contributed by atoms with Gasteiger partial charge < -0.3 is 14.7 Å². The van der Waals surface area contributed by atoms with E-state index in [1.807, 2.05) is 6.07 Å². The third-order valence-electron chi connectivity index (χ3n) is 3.38. The summed E-state index contributed by atoms with van der Waals surface area (Å²) in [4.78, 5) is 2.11. The number of hydrogen-bond donors (Lipinski definition) is 1. The van der Waals surface area contributed by atoms with Gasteiger partial charge in [0.2, 0.25) is 0 Å². The lowest BCUT2D eigenvalue weighted by atomic mass is 9.98. The van der Waals surface area contributed by atoms with E-state index in [0.717, 1.165) is 5.69 Å².